The van der Waals surface area contributed by atoms with Crippen LogP contribution in [0.15, 0.2) is 22.8 Å². The Hall–Kier alpha value is -0.800. The first-order chi connectivity index (χ1) is 8.34. The van der Waals surface area contributed by atoms with Crippen LogP contribution in [0.4, 0.5) is 0 Å². The number of nitrogens with one attached hydrogen (secondary N) is 1. The van der Waals surface area contributed by atoms with Gasteiger partial charge >= 0.3 is 0 Å². The van der Waals surface area contributed by atoms with Crippen molar-refractivity contribution in [1.82, 2.24) is 10.2 Å². The molecule has 1 aromatic heterocycles. The van der Waals surface area contributed by atoms with Gasteiger partial charge in [-0.15, -0.1) is 0 Å². The van der Waals surface area contributed by atoms with E-state index in [4.69, 9.17) is 4.42 Å². The van der Waals surface area contributed by atoms with Crippen LogP contribution in [0.1, 0.15) is 44.4 Å². The van der Waals surface area contributed by atoms with Crippen LogP contribution in [0.3, 0.4) is 0 Å². The Labute approximate surface area is 103 Å². The van der Waals surface area contributed by atoms with Crippen molar-refractivity contribution < 1.29 is 4.42 Å². The second-order valence-corrected chi connectivity index (χ2v) is 5.41. The van der Waals surface area contributed by atoms with Gasteiger partial charge < -0.3 is 9.73 Å². The van der Waals surface area contributed by atoms with Gasteiger partial charge in [0.25, 0.3) is 0 Å². The second-order valence-electron chi connectivity index (χ2n) is 5.41. The highest BCUT2D eigenvalue weighted by molar-refractivity contribution is 5.06. The first-order valence-electron chi connectivity index (χ1n) is 6.87. The predicted molar refractivity (Wildman–Crippen MR) is 67.9 cm³/mol. The fourth-order valence-corrected chi connectivity index (χ4v) is 2.89. The Morgan fingerprint density at radius 2 is 2.35 bits per heavy atom. The lowest BCUT2D eigenvalue weighted by atomic mass is 10.1. The molecule has 1 aliphatic carbocycles. The molecule has 1 aliphatic heterocycles. The summed E-state index contributed by atoms with van der Waals surface area (Å²) in [6.07, 6.45) is 7.16. The molecule has 17 heavy (non-hydrogen) atoms. The number of furan rings is 1. The number of nitrogens with zero attached hydrogens (tertiary/aromatic N) is 1. The van der Waals surface area contributed by atoms with E-state index in [0.29, 0.717) is 12.1 Å². The van der Waals surface area contributed by atoms with E-state index >= 15 is 0 Å². The maximum atomic E-state index is 5.56. The summed E-state index contributed by atoms with van der Waals surface area (Å²) in [6, 6.07) is 5.98. The fraction of sp³-hybridized carbons (Fsp3) is 0.714. The van der Waals surface area contributed by atoms with Gasteiger partial charge in [0.2, 0.25) is 0 Å². The Morgan fingerprint density at radius 1 is 1.47 bits per heavy atom. The largest absolute Gasteiger partial charge is 0.468 e. The predicted octanol–water partition coefficient (Wildman–Crippen LogP) is 2.56. The zero-order valence-corrected chi connectivity index (χ0v) is 10.6. The van der Waals surface area contributed by atoms with Gasteiger partial charge in [-0.1, -0.05) is 0 Å². The molecule has 0 amide bonds. The molecule has 1 saturated carbocycles. The first-order valence-corrected chi connectivity index (χ1v) is 6.87. The van der Waals surface area contributed by atoms with Crippen LogP contribution in [0.25, 0.3) is 0 Å². The molecule has 2 unspecified atom stereocenters. The highest BCUT2D eigenvalue weighted by Gasteiger charge is 2.35. The molecule has 3 nitrogen and oxygen atoms in total. The van der Waals surface area contributed by atoms with Crippen LogP contribution in [-0.2, 0) is 0 Å². The van der Waals surface area contributed by atoms with Crippen molar-refractivity contribution >= 4 is 0 Å². The molecule has 0 spiro atoms. The Bertz CT molecular complexity index is 339. The maximum absolute atomic E-state index is 5.56. The van der Waals surface area contributed by atoms with Crippen molar-refractivity contribution in [2.24, 2.45) is 0 Å². The van der Waals surface area contributed by atoms with E-state index in [1.807, 2.05) is 6.07 Å². The minimum atomic E-state index is 0.417. The van der Waals surface area contributed by atoms with Crippen molar-refractivity contribution in [3.63, 3.8) is 0 Å². The smallest absolute Gasteiger partial charge is 0.120 e. The van der Waals surface area contributed by atoms with E-state index in [-0.39, 0.29) is 0 Å². The highest BCUT2D eigenvalue weighted by Crippen LogP contribution is 2.34. The third kappa shape index (κ3) is 2.55. The molecule has 2 fully saturated rings. The van der Waals surface area contributed by atoms with Gasteiger partial charge in [-0.2, -0.15) is 0 Å². The summed E-state index contributed by atoms with van der Waals surface area (Å²) in [4.78, 5) is 2.63. The summed E-state index contributed by atoms with van der Waals surface area (Å²) in [5, 5.41) is 3.60. The highest BCUT2D eigenvalue weighted by atomic mass is 16.3. The normalized spacial score (nSPS) is 26.6. The van der Waals surface area contributed by atoms with Gasteiger partial charge in [0.05, 0.1) is 12.3 Å². The van der Waals surface area contributed by atoms with E-state index in [1.54, 1.807) is 6.26 Å². The third-order valence-corrected chi connectivity index (χ3v) is 4.06. The molecule has 3 rings (SSSR count). The molecule has 2 atom stereocenters. The van der Waals surface area contributed by atoms with Gasteiger partial charge in [-0.05, 0) is 51.3 Å². The minimum absolute atomic E-state index is 0.417. The lowest BCUT2D eigenvalue weighted by Crippen LogP contribution is -2.40. The van der Waals surface area contributed by atoms with Gasteiger partial charge in [-0.3, -0.25) is 4.90 Å². The van der Waals surface area contributed by atoms with E-state index in [1.165, 1.54) is 38.8 Å². The second kappa shape index (κ2) is 4.83. The van der Waals surface area contributed by atoms with Crippen molar-refractivity contribution in [1.29, 1.82) is 0 Å². The molecule has 1 aromatic rings. The quantitative estimate of drug-likeness (QED) is 0.848. The summed E-state index contributed by atoms with van der Waals surface area (Å²) in [5.74, 6) is 1.11. The number of rotatable bonds is 5. The molecule has 94 valence electrons. The molecular weight excluding hydrogens is 212 g/mol. The van der Waals surface area contributed by atoms with Crippen molar-refractivity contribution in [3.8, 4) is 0 Å². The summed E-state index contributed by atoms with van der Waals surface area (Å²) in [7, 11) is 0. The Balaban J connectivity index is 1.66. The molecule has 1 N–H and O–H groups in total. The van der Waals surface area contributed by atoms with Gasteiger partial charge in [0, 0.05) is 18.6 Å². The molecular formula is C14H22N2O. The van der Waals surface area contributed by atoms with Crippen LogP contribution in [0.2, 0.25) is 0 Å². The average Bonchev–Trinajstić information content (AvgIpc) is 2.86. The van der Waals surface area contributed by atoms with Crippen LogP contribution in [0.5, 0.6) is 0 Å². The van der Waals surface area contributed by atoms with Crippen LogP contribution < -0.4 is 5.32 Å². The molecule has 2 aliphatic rings. The standard InChI is InChI=1S/C14H22N2O/c1-11(14-5-3-9-17-14)16(13-6-7-13)10-12-4-2-8-15-12/h3,5,9,11-13,15H,2,4,6-8,10H2,1H3. The van der Waals surface area contributed by atoms with Gasteiger partial charge in [0.15, 0.2) is 0 Å². The van der Waals surface area contributed by atoms with Crippen LogP contribution >= 0.6 is 0 Å². The zero-order valence-electron chi connectivity index (χ0n) is 10.6. The van der Waals surface area contributed by atoms with Crippen molar-refractivity contribution in [2.75, 3.05) is 13.1 Å². The molecule has 0 bridgehead atoms. The fourth-order valence-electron chi connectivity index (χ4n) is 2.89. The zero-order chi connectivity index (χ0) is 11.7. The minimum Gasteiger partial charge on any atom is -0.468 e. The van der Waals surface area contributed by atoms with E-state index < -0.39 is 0 Å². The summed E-state index contributed by atoms with van der Waals surface area (Å²) in [5.41, 5.74) is 0. The molecule has 0 radical (unpaired) electrons. The van der Waals surface area contributed by atoms with Crippen LogP contribution in [-0.4, -0.2) is 30.1 Å². The van der Waals surface area contributed by atoms with Gasteiger partial charge in [0.1, 0.15) is 5.76 Å². The topological polar surface area (TPSA) is 28.4 Å². The lowest BCUT2D eigenvalue weighted by molar-refractivity contribution is 0.163. The number of hydrogen-bond acceptors (Lipinski definition) is 3. The SMILES string of the molecule is CC(c1ccco1)N(CC1CCCN1)C1CC1. The van der Waals surface area contributed by atoms with E-state index in [2.05, 4.69) is 23.2 Å². The average molecular weight is 234 g/mol. The summed E-state index contributed by atoms with van der Waals surface area (Å²) in [6.45, 7) is 4.64. The number of hydrogen-bond donors (Lipinski definition) is 1. The lowest BCUT2D eigenvalue weighted by Gasteiger charge is -2.30. The van der Waals surface area contributed by atoms with Crippen LogP contribution in [0, 0.1) is 0 Å². The van der Waals surface area contributed by atoms with E-state index in [9.17, 15) is 0 Å². The third-order valence-electron chi connectivity index (χ3n) is 4.06. The first kappa shape index (κ1) is 11.3. The summed E-state index contributed by atoms with van der Waals surface area (Å²) < 4.78 is 5.56. The Morgan fingerprint density at radius 3 is 2.94 bits per heavy atom. The molecule has 3 heteroatoms. The van der Waals surface area contributed by atoms with Gasteiger partial charge in [-0.25, -0.2) is 0 Å². The van der Waals surface area contributed by atoms with E-state index in [0.717, 1.165) is 11.8 Å². The van der Waals surface area contributed by atoms with Crippen molar-refractivity contribution in [3.05, 3.63) is 24.2 Å². The molecule has 0 aromatic carbocycles. The molecule has 1 saturated heterocycles. The molecule has 2 heterocycles. The maximum Gasteiger partial charge on any atom is 0.120 e. The summed E-state index contributed by atoms with van der Waals surface area (Å²) >= 11 is 0. The van der Waals surface area contributed by atoms with Crippen molar-refractivity contribution in [2.45, 2.75) is 50.7 Å². The monoisotopic (exact) mass is 234 g/mol. The Kier molecular flexibility index (Phi) is 3.21.